The number of pyridine rings is 1. The van der Waals surface area contributed by atoms with Gasteiger partial charge in [0.15, 0.2) is 0 Å². The number of halogens is 1. The van der Waals surface area contributed by atoms with Crippen LogP contribution in [-0.2, 0) is 15.4 Å². The standard InChI is InChI=1S/C12H15ClN4O2S/c1-12(2,3)11-9(7-15-16-11)20(18,19)17-8-4-5-10(13)14-6-8/h4-7,17H,1-3H3,(H,15,16). The molecule has 2 rings (SSSR count). The molecule has 0 saturated carbocycles. The largest absolute Gasteiger partial charge is 0.281 e. The molecule has 0 aliphatic carbocycles. The van der Waals surface area contributed by atoms with Gasteiger partial charge in [0.2, 0.25) is 0 Å². The lowest BCUT2D eigenvalue weighted by Crippen LogP contribution is -2.20. The molecule has 0 aliphatic heterocycles. The minimum absolute atomic E-state index is 0.125. The lowest BCUT2D eigenvalue weighted by Gasteiger charge is -2.18. The van der Waals surface area contributed by atoms with Gasteiger partial charge in [-0.2, -0.15) is 5.10 Å². The summed E-state index contributed by atoms with van der Waals surface area (Å²) >= 11 is 5.66. The summed E-state index contributed by atoms with van der Waals surface area (Å²) in [5.41, 5.74) is 0.529. The highest BCUT2D eigenvalue weighted by atomic mass is 35.5. The first-order chi connectivity index (χ1) is 9.20. The maximum absolute atomic E-state index is 12.4. The summed E-state index contributed by atoms with van der Waals surface area (Å²) in [6, 6.07) is 3.06. The summed E-state index contributed by atoms with van der Waals surface area (Å²) in [7, 11) is -3.72. The topological polar surface area (TPSA) is 87.7 Å². The summed E-state index contributed by atoms with van der Waals surface area (Å²) in [4.78, 5) is 3.96. The number of H-pyrrole nitrogens is 1. The van der Waals surface area contributed by atoms with E-state index in [4.69, 9.17) is 11.6 Å². The third kappa shape index (κ3) is 3.10. The molecule has 2 aromatic rings. The van der Waals surface area contributed by atoms with E-state index in [2.05, 4.69) is 19.9 Å². The van der Waals surface area contributed by atoms with E-state index in [0.717, 1.165) is 0 Å². The normalized spacial score (nSPS) is 12.4. The Morgan fingerprint density at radius 3 is 2.50 bits per heavy atom. The Morgan fingerprint density at radius 2 is 1.95 bits per heavy atom. The Kier molecular flexibility index (Phi) is 3.75. The van der Waals surface area contributed by atoms with E-state index >= 15 is 0 Å². The van der Waals surface area contributed by atoms with Crippen molar-refractivity contribution in [3.05, 3.63) is 35.4 Å². The molecule has 8 heteroatoms. The molecule has 2 N–H and O–H groups in total. The lowest BCUT2D eigenvalue weighted by molar-refractivity contribution is 0.547. The Labute approximate surface area is 122 Å². The predicted octanol–water partition coefficient (Wildman–Crippen LogP) is 2.56. The van der Waals surface area contributed by atoms with E-state index < -0.39 is 10.0 Å². The summed E-state index contributed by atoms with van der Waals surface area (Å²) in [5, 5.41) is 6.87. The van der Waals surface area contributed by atoms with Crippen molar-refractivity contribution in [3.63, 3.8) is 0 Å². The van der Waals surface area contributed by atoms with E-state index in [0.29, 0.717) is 16.5 Å². The van der Waals surface area contributed by atoms with E-state index in [1.165, 1.54) is 18.5 Å². The van der Waals surface area contributed by atoms with Gasteiger partial charge in [-0.1, -0.05) is 32.4 Å². The maximum atomic E-state index is 12.4. The molecule has 0 unspecified atom stereocenters. The molecule has 2 heterocycles. The highest BCUT2D eigenvalue weighted by Crippen LogP contribution is 2.27. The number of hydrogen-bond acceptors (Lipinski definition) is 4. The fraction of sp³-hybridized carbons (Fsp3) is 0.333. The minimum atomic E-state index is -3.72. The number of nitrogens with zero attached hydrogens (tertiary/aromatic N) is 2. The molecule has 0 aromatic carbocycles. The first-order valence-corrected chi connectivity index (χ1v) is 7.74. The van der Waals surface area contributed by atoms with Crippen LogP contribution in [0.5, 0.6) is 0 Å². The Balaban J connectivity index is 2.37. The average Bonchev–Trinajstić information content (AvgIpc) is 2.81. The van der Waals surface area contributed by atoms with Crippen LogP contribution in [0.15, 0.2) is 29.4 Å². The van der Waals surface area contributed by atoms with E-state index in [1.54, 1.807) is 6.07 Å². The summed E-state index contributed by atoms with van der Waals surface area (Å²) in [6.07, 6.45) is 2.66. The van der Waals surface area contributed by atoms with E-state index in [1.807, 2.05) is 20.8 Å². The van der Waals surface area contributed by atoms with Gasteiger partial charge in [0, 0.05) is 5.41 Å². The van der Waals surface area contributed by atoms with Crippen LogP contribution < -0.4 is 4.72 Å². The van der Waals surface area contributed by atoms with Crippen molar-refractivity contribution >= 4 is 27.3 Å². The van der Waals surface area contributed by atoms with Crippen LogP contribution in [0.4, 0.5) is 5.69 Å². The van der Waals surface area contributed by atoms with Crippen molar-refractivity contribution in [2.75, 3.05) is 4.72 Å². The molecule has 6 nitrogen and oxygen atoms in total. The van der Waals surface area contributed by atoms with Crippen molar-refractivity contribution in [1.82, 2.24) is 15.2 Å². The molecule has 0 spiro atoms. The molecular formula is C12H15ClN4O2S. The fourth-order valence-electron chi connectivity index (χ4n) is 1.66. The summed E-state index contributed by atoms with van der Waals surface area (Å²) in [5.74, 6) is 0. The van der Waals surface area contributed by atoms with Gasteiger partial charge in [0.1, 0.15) is 10.0 Å². The molecular weight excluding hydrogens is 300 g/mol. The monoisotopic (exact) mass is 314 g/mol. The molecule has 20 heavy (non-hydrogen) atoms. The predicted molar refractivity (Wildman–Crippen MR) is 77.3 cm³/mol. The zero-order valence-electron chi connectivity index (χ0n) is 11.3. The second-order valence-electron chi connectivity index (χ2n) is 5.33. The number of anilines is 1. The molecule has 0 bridgehead atoms. The van der Waals surface area contributed by atoms with Crippen molar-refractivity contribution in [1.29, 1.82) is 0 Å². The smallest absolute Gasteiger partial charge is 0.265 e. The van der Waals surface area contributed by atoms with Crippen LogP contribution in [0.25, 0.3) is 0 Å². The summed E-state index contributed by atoms with van der Waals surface area (Å²) in [6.45, 7) is 5.72. The zero-order chi connectivity index (χ0) is 15.0. The Bertz CT molecular complexity index is 702. The SMILES string of the molecule is CC(C)(C)c1[nH]ncc1S(=O)(=O)Nc1ccc(Cl)nc1. The van der Waals surface area contributed by atoms with E-state index in [9.17, 15) is 8.42 Å². The Hall–Kier alpha value is -1.60. The second-order valence-corrected chi connectivity index (χ2v) is 7.37. The molecule has 0 amide bonds. The molecule has 108 valence electrons. The number of rotatable bonds is 3. The Morgan fingerprint density at radius 1 is 1.25 bits per heavy atom. The highest BCUT2D eigenvalue weighted by molar-refractivity contribution is 7.92. The summed E-state index contributed by atoms with van der Waals surface area (Å²) < 4.78 is 27.2. The quantitative estimate of drug-likeness (QED) is 0.852. The van der Waals surface area contributed by atoms with Crippen molar-refractivity contribution in [2.24, 2.45) is 0 Å². The molecule has 0 atom stereocenters. The van der Waals surface area contributed by atoms with Gasteiger partial charge >= 0.3 is 0 Å². The average molecular weight is 315 g/mol. The molecule has 0 aliphatic rings. The van der Waals surface area contributed by atoms with Gasteiger partial charge in [-0.15, -0.1) is 0 Å². The minimum Gasteiger partial charge on any atom is -0.281 e. The number of aromatic nitrogens is 3. The van der Waals surface area contributed by atoms with Crippen LogP contribution in [0.2, 0.25) is 5.15 Å². The van der Waals surface area contributed by atoms with Crippen LogP contribution in [-0.4, -0.2) is 23.6 Å². The van der Waals surface area contributed by atoms with E-state index in [-0.39, 0.29) is 10.3 Å². The van der Waals surface area contributed by atoms with Crippen molar-refractivity contribution in [3.8, 4) is 0 Å². The molecule has 2 aromatic heterocycles. The van der Waals surface area contributed by atoms with Gasteiger partial charge in [-0.05, 0) is 12.1 Å². The van der Waals surface area contributed by atoms with Gasteiger partial charge in [-0.25, -0.2) is 13.4 Å². The second kappa shape index (κ2) is 5.06. The zero-order valence-corrected chi connectivity index (χ0v) is 12.9. The third-order valence-electron chi connectivity index (χ3n) is 2.62. The van der Waals surface area contributed by atoms with Crippen molar-refractivity contribution in [2.45, 2.75) is 31.1 Å². The first-order valence-electron chi connectivity index (χ1n) is 5.88. The maximum Gasteiger partial charge on any atom is 0.265 e. The van der Waals surface area contributed by atoms with Crippen molar-refractivity contribution < 1.29 is 8.42 Å². The molecule has 0 saturated heterocycles. The number of hydrogen-bond donors (Lipinski definition) is 2. The first kappa shape index (κ1) is 14.8. The number of aromatic amines is 1. The lowest BCUT2D eigenvalue weighted by atomic mass is 9.92. The van der Waals surface area contributed by atoms with Gasteiger partial charge in [0.05, 0.1) is 23.8 Å². The van der Waals surface area contributed by atoms with Gasteiger partial charge < -0.3 is 0 Å². The third-order valence-corrected chi connectivity index (χ3v) is 4.24. The molecule has 0 fully saturated rings. The van der Waals surface area contributed by atoms with Gasteiger partial charge in [0.25, 0.3) is 10.0 Å². The number of nitrogens with one attached hydrogen (secondary N) is 2. The van der Waals surface area contributed by atoms with Crippen LogP contribution in [0, 0.1) is 0 Å². The number of sulfonamides is 1. The highest BCUT2D eigenvalue weighted by Gasteiger charge is 2.28. The fourth-order valence-corrected chi connectivity index (χ4v) is 3.13. The van der Waals surface area contributed by atoms with Gasteiger partial charge in [-0.3, -0.25) is 9.82 Å². The molecule has 0 radical (unpaired) electrons. The van der Waals surface area contributed by atoms with Crippen LogP contribution in [0.3, 0.4) is 0 Å². The van der Waals surface area contributed by atoms with Crippen LogP contribution in [0.1, 0.15) is 26.5 Å². The van der Waals surface area contributed by atoms with Crippen LogP contribution >= 0.6 is 11.6 Å².